The Morgan fingerprint density at radius 1 is 1.26 bits per heavy atom. The van der Waals surface area contributed by atoms with Crippen LogP contribution in [0.5, 0.6) is 0 Å². The molecule has 1 aliphatic carbocycles. The van der Waals surface area contributed by atoms with Gasteiger partial charge in [0.25, 0.3) is 0 Å². The molecule has 1 amide bonds. The second kappa shape index (κ2) is 9.83. The normalized spacial score (nSPS) is 32.9. The zero-order valence-electron chi connectivity index (χ0n) is 17.3. The lowest BCUT2D eigenvalue weighted by molar-refractivity contribution is -0.128. The van der Waals surface area contributed by atoms with Gasteiger partial charge in [-0.25, -0.2) is 4.39 Å². The Kier molecular flexibility index (Phi) is 7.12. The number of aliphatic imine (C=N–C) groups is 1. The van der Waals surface area contributed by atoms with E-state index in [1.54, 1.807) is 12.1 Å². The number of fused-ring (bicyclic) bond motifs is 1. The van der Waals surface area contributed by atoms with E-state index < -0.39 is 30.1 Å². The topological polar surface area (TPSA) is 112 Å². The summed E-state index contributed by atoms with van der Waals surface area (Å²) < 4.78 is 18.7. The molecule has 1 aromatic carbocycles. The molecule has 3 aliphatic rings. The van der Waals surface area contributed by atoms with E-state index in [0.717, 1.165) is 38.4 Å². The average molecular weight is 453 g/mol. The number of carbonyl (C=O) groups is 1. The van der Waals surface area contributed by atoms with E-state index in [2.05, 4.69) is 4.90 Å². The van der Waals surface area contributed by atoms with E-state index >= 15 is 0 Å². The molecule has 10 heteroatoms. The van der Waals surface area contributed by atoms with Gasteiger partial charge in [-0.05, 0) is 24.1 Å². The van der Waals surface area contributed by atoms with Gasteiger partial charge in [0.15, 0.2) is 5.17 Å². The number of nitrogens with two attached hydrogens (primary N) is 1. The van der Waals surface area contributed by atoms with Gasteiger partial charge in [0.2, 0.25) is 5.91 Å². The second-order valence-corrected chi connectivity index (χ2v) is 9.39. The van der Waals surface area contributed by atoms with Gasteiger partial charge in [-0.2, -0.15) is 0 Å². The Balaban J connectivity index is 1.57. The lowest BCUT2D eigenvalue weighted by atomic mass is 9.80. The Bertz CT molecular complexity index is 805. The van der Waals surface area contributed by atoms with Crippen molar-refractivity contribution in [3.8, 4) is 0 Å². The Morgan fingerprint density at radius 3 is 2.65 bits per heavy atom. The third kappa shape index (κ3) is 5.04. The summed E-state index contributed by atoms with van der Waals surface area (Å²) in [6, 6.07) is 5.66. The van der Waals surface area contributed by atoms with E-state index in [1.165, 1.54) is 23.9 Å². The molecule has 5 unspecified atom stereocenters. The van der Waals surface area contributed by atoms with E-state index in [4.69, 9.17) is 15.5 Å². The third-order valence-corrected chi connectivity index (χ3v) is 7.67. The van der Waals surface area contributed by atoms with Crippen LogP contribution in [0.4, 0.5) is 4.39 Å². The van der Waals surface area contributed by atoms with Crippen LogP contribution in [0, 0.1) is 11.7 Å². The number of carbonyl (C=O) groups excluding carboxylic acids is 1. The number of benzene rings is 1. The fraction of sp³-hybridized carbons (Fsp3) is 0.619. The number of amidine groups is 1. The number of hydrogen-bond donors (Lipinski definition) is 3. The minimum absolute atomic E-state index is 0.135. The van der Waals surface area contributed by atoms with Gasteiger partial charge in [0, 0.05) is 31.4 Å². The van der Waals surface area contributed by atoms with Crippen molar-refractivity contribution < 1.29 is 24.1 Å². The van der Waals surface area contributed by atoms with Gasteiger partial charge in [-0.3, -0.25) is 14.7 Å². The number of amides is 1. The number of halogens is 1. The highest BCUT2D eigenvalue weighted by atomic mass is 32.2. The zero-order valence-corrected chi connectivity index (χ0v) is 18.1. The molecule has 8 nitrogen and oxygen atoms in total. The van der Waals surface area contributed by atoms with E-state index in [0.29, 0.717) is 18.3 Å². The zero-order chi connectivity index (χ0) is 22.0. The van der Waals surface area contributed by atoms with Crippen molar-refractivity contribution in [2.45, 2.75) is 36.5 Å². The van der Waals surface area contributed by atoms with Crippen molar-refractivity contribution in [1.29, 1.82) is 0 Å². The molecule has 4 N–H and O–H groups in total. The van der Waals surface area contributed by atoms with Crippen LogP contribution in [-0.2, 0) is 16.1 Å². The molecule has 2 aliphatic heterocycles. The maximum atomic E-state index is 13.4. The number of nitrogens with zero attached hydrogens (tertiary/aromatic N) is 3. The molecule has 5 atom stereocenters. The lowest BCUT2D eigenvalue weighted by Gasteiger charge is -2.41. The highest BCUT2D eigenvalue weighted by Crippen LogP contribution is 2.44. The molecule has 0 radical (unpaired) electrons. The van der Waals surface area contributed by atoms with E-state index in [9.17, 15) is 19.4 Å². The van der Waals surface area contributed by atoms with Crippen molar-refractivity contribution in [3.63, 3.8) is 0 Å². The number of rotatable bonds is 6. The third-order valence-electron chi connectivity index (χ3n) is 6.22. The van der Waals surface area contributed by atoms with Crippen molar-refractivity contribution in [2.75, 3.05) is 39.4 Å². The highest BCUT2D eigenvalue weighted by Gasteiger charge is 2.54. The molecule has 2 saturated heterocycles. The molecule has 170 valence electrons. The van der Waals surface area contributed by atoms with Crippen LogP contribution < -0.4 is 5.73 Å². The van der Waals surface area contributed by atoms with Crippen molar-refractivity contribution in [3.05, 3.63) is 35.6 Å². The van der Waals surface area contributed by atoms with Crippen LogP contribution in [0.25, 0.3) is 0 Å². The standard InChI is InChI=1S/C21H29FN4O4S/c22-14-3-1-13(2-4-14)12-26-17-18(28)16(27)11-15(20(23)29)19(17)31-21(26)24-5-6-25-7-9-30-10-8-25/h1-4,15-19,27-28H,5-12H2,(H2,23,29). The summed E-state index contributed by atoms with van der Waals surface area (Å²) in [5.74, 6) is -1.36. The predicted octanol–water partition coefficient (Wildman–Crippen LogP) is 0.0269. The summed E-state index contributed by atoms with van der Waals surface area (Å²) >= 11 is 1.44. The molecule has 1 aromatic rings. The minimum atomic E-state index is -1.04. The van der Waals surface area contributed by atoms with Gasteiger partial charge in [-0.1, -0.05) is 23.9 Å². The summed E-state index contributed by atoms with van der Waals surface area (Å²) in [5, 5.41) is 21.6. The number of thioether (sulfide) groups is 1. The Morgan fingerprint density at radius 2 is 1.97 bits per heavy atom. The highest BCUT2D eigenvalue weighted by molar-refractivity contribution is 8.14. The van der Waals surface area contributed by atoms with Crippen LogP contribution in [0.3, 0.4) is 0 Å². The van der Waals surface area contributed by atoms with E-state index in [1.807, 2.05) is 4.90 Å². The first kappa shape index (κ1) is 22.5. The molecule has 4 rings (SSSR count). The fourth-order valence-corrected chi connectivity index (χ4v) is 6.09. The SMILES string of the molecule is NC(=O)C1CC(O)C(O)C2C1SC(=NCCN1CCOCC1)N2Cc1ccc(F)cc1. The first-order valence-corrected chi connectivity index (χ1v) is 11.5. The molecular weight excluding hydrogens is 423 g/mol. The summed E-state index contributed by atoms with van der Waals surface area (Å²) in [4.78, 5) is 21.1. The molecule has 31 heavy (non-hydrogen) atoms. The van der Waals surface area contributed by atoms with Crippen molar-refractivity contribution in [2.24, 2.45) is 16.6 Å². The lowest BCUT2D eigenvalue weighted by Crippen LogP contribution is -2.58. The summed E-state index contributed by atoms with van der Waals surface area (Å²) in [6.07, 6.45) is -1.93. The molecule has 1 saturated carbocycles. The number of hydrogen-bond acceptors (Lipinski definition) is 7. The number of morpholine rings is 1. The first-order chi connectivity index (χ1) is 14.9. The molecule has 0 aromatic heterocycles. The quantitative estimate of drug-likeness (QED) is 0.558. The number of aliphatic hydroxyl groups excluding tert-OH is 2. The maximum absolute atomic E-state index is 13.4. The average Bonchev–Trinajstić information content (AvgIpc) is 3.11. The van der Waals surface area contributed by atoms with Gasteiger partial charge >= 0.3 is 0 Å². The van der Waals surface area contributed by atoms with Crippen LogP contribution in [-0.4, -0.2) is 94.0 Å². The maximum Gasteiger partial charge on any atom is 0.221 e. The monoisotopic (exact) mass is 452 g/mol. The smallest absolute Gasteiger partial charge is 0.221 e. The van der Waals surface area contributed by atoms with Crippen LogP contribution >= 0.6 is 11.8 Å². The van der Waals surface area contributed by atoms with E-state index in [-0.39, 0.29) is 17.5 Å². The first-order valence-electron chi connectivity index (χ1n) is 10.6. The summed E-state index contributed by atoms with van der Waals surface area (Å²) in [7, 11) is 0. The second-order valence-electron chi connectivity index (χ2n) is 8.25. The minimum Gasteiger partial charge on any atom is -0.390 e. The molecule has 0 spiro atoms. The van der Waals surface area contributed by atoms with Crippen LogP contribution in [0.15, 0.2) is 29.3 Å². The van der Waals surface area contributed by atoms with Crippen molar-refractivity contribution in [1.82, 2.24) is 9.80 Å². The number of primary amides is 1. The Labute approximate surface area is 185 Å². The van der Waals surface area contributed by atoms with Gasteiger partial charge in [0.05, 0.1) is 37.8 Å². The van der Waals surface area contributed by atoms with Crippen molar-refractivity contribution >= 4 is 22.8 Å². The molecule has 2 heterocycles. The molecular formula is C21H29FN4O4S. The summed E-state index contributed by atoms with van der Waals surface area (Å²) in [6.45, 7) is 4.93. The summed E-state index contributed by atoms with van der Waals surface area (Å²) in [5.41, 5.74) is 6.48. The molecule has 3 fully saturated rings. The van der Waals surface area contributed by atoms with Gasteiger partial charge in [0.1, 0.15) is 11.9 Å². The van der Waals surface area contributed by atoms with Crippen LogP contribution in [0.2, 0.25) is 0 Å². The fourth-order valence-electron chi connectivity index (χ4n) is 4.50. The van der Waals surface area contributed by atoms with Crippen LogP contribution in [0.1, 0.15) is 12.0 Å². The predicted molar refractivity (Wildman–Crippen MR) is 116 cm³/mol. The van der Waals surface area contributed by atoms with Gasteiger partial charge in [-0.15, -0.1) is 0 Å². The number of aliphatic hydroxyl groups is 2. The number of ether oxygens (including phenoxy) is 1. The van der Waals surface area contributed by atoms with Gasteiger partial charge < -0.3 is 25.6 Å². The molecule has 0 bridgehead atoms. The Hall–Kier alpha value is -1.72. The largest absolute Gasteiger partial charge is 0.390 e.